The topological polar surface area (TPSA) is 64.6 Å². The van der Waals surface area contributed by atoms with Crippen molar-refractivity contribution in [1.82, 2.24) is 0 Å². The van der Waals surface area contributed by atoms with Crippen molar-refractivity contribution in [3.05, 3.63) is 69.0 Å². The zero-order valence-electron chi connectivity index (χ0n) is 15.6. The summed E-state index contributed by atoms with van der Waals surface area (Å²) in [6.07, 6.45) is 0. The van der Waals surface area contributed by atoms with E-state index in [1.165, 1.54) is 24.5 Å². The molecule has 2 aromatic carbocycles. The first-order valence-electron chi connectivity index (χ1n) is 8.53. The molecule has 5 nitrogen and oxygen atoms in total. The van der Waals surface area contributed by atoms with Crippen molar-refractivity contribution in [3.8, 4) is 16.9 Å². The molecule has 8 heteroatoms. The van der Waals surface area contributed by atoms with Gasteiger partial charge in [0.05, 0.1) is 12.1 Å². The summed E-state index contributed by atoms with van der Waals surface area (Å²) in [5.41, 5.74) is 2.96. The van der Waals surface area contributed by atoms with Crippen molar-refractivity contribution in [2.24, 2.45) is 0 Å². The van der Waals surface area contributed by atoms with Gasteiger partial charge in [0.15, 0.2) is 6.61 Å². The summed E-state index contributed by atoms with van der Waals surface area (Å²) >= 11 is 13.1. The highest BCUT2D eigenvalue weighted by Crippen LogP contribution is 2.36. The Morgan fingerprint density at radius 1 is 1.10 bits per heavy atom. The molecule has 0 radical (unpaired) electrons. The van der Waals surface area contributed by atoms with Crippen LogP contribution in [0.3, 0.4) is 0 Å². The Morgan fingerprint density at radius 3 is 2.48 bits per heavy atom. The second kappa shape index (κ2) is 9.31. The van der Waals surface area contributed by atoms with Gasteiger partial charge in [-0.3, -0.25) is 4.79 Å². The van der Waals surface area contributed by atoms with Crippen LogP contribution in [0, 0.1) is 6.92 Å². The minimum Gasteiger partial charge on any atom is -0.482 e. The number of aryl methyl sites for hydroxylation is 1. The van der Waals surface area contributed by atoms with Gasteiger partial charge < -0.3 is 14.8 Å². The Labute approximate surface area is 182 Å². The number of hydrogen-bond donors (Lipinski definition) is 1. The molecule has 0 aliphatic rings. The van der Waals surface area contributed by atoms with Crippen LogP contribution in [0.1, 0.15) is 15.9 Å². The molecule has 0 aliphatic heterocycles. The molecule has 1 amide bonds. The fraction of sp³-hybridized carbons (Fsp3) is 0.143. The molecular formula is C21H17Cl2NO4S. The van der Waals surface area contributed by atoms with Gasteiger partial charge in [0.2, 0.25) is 0 Å². The zero-order valence-corrected chi connectivity index (χ0v) is 18.0. The largest absolute Gasteiger partial charge is 0.482 e. The van der Waals surface area contributed by atoms with Crippen LogP contribution >= 0.6 is 34.5 Å². The van der Waals surface area contributed by atoms with Gasteiger partial charge in [0.25, 0.3) is 5.91 Å². The standard InChI is InChI=1S/C21H17Cl2NO4S/c1-12-3-5-13(6-4-12)15-11-29-20(19(15)21(26)27-2)24-18(25)10-28-17-8-7-14(22)9-16(17)23/h3-9,11H,10H2,1-2H3,(H,24,25). The number of thiophene rings is 1. The van der Waals surface area contributed by atoms with E-state index in [4.69, 9.17) is 32.7 Å². The quantitative estimate of drug-likeness (QED) is 0.480. The van der Waals surface area contributed by atoms with Crippen molar-refractivity contribution in [3.63, 3.8) is 0 Å². The molecule has 0 saturated heterocycles. The molecule has 0 unspecified atom stereocenters. The van der Waals surface area contributed by atoms with Crippen molar-refractivity contribution < 1.29 is 19.1 Å². The third kappa shape index (κ3) is 5.09. The van der Waals surface area contributed by atoms with Crippen molar-refractivity contribution in [2.75, 3.05) is 19.0 Å². The highest BCUT2D eigenvalue weighted by molar-refractivity contribution is 7.15. The Hall–Kier alpha value is -2.54. The minimum atomic E-state index is -0.529. The van der Waals surface area contributed by atoms with E-state index < -0.39 is 11.9 Å². The molecule has 3 aromatic rings. The van der Waals surface area contributed by atoms with Crippen LogP contribution in [0.5, 0.6) is 5.75 Å². The number of carbonyl (C=O) groups excluding carboxylic acids is 2. The van der Waals surface area contributed by atoms with Crippen LogP contribution in [-0.2, 0) is 9.53 Å². The SMILES string of the molecule is COC(=O)c1c(-c2ccc(C)cc2)csc1NC(=O)COc1ccc(Cl)cc1Cl. The van der Waals surface area contributed by atoms with E-state index in [1.54, 1.807) is 12.1 Å². The Balaban J connectivity index is 1.78. The number of halogens is 2. The lowest BCUT2D eigenvalue weighted by molar-refractivity contribution is -0.118. The van der Waals surface area contributed by atoms with E-state index in [2.05, 4.69) is 5.32 Å². The summed E-state index contributed by atoms with van der Waals surface area (Å²) in [7, 11) is 1.30. The number of hydrogen-bond acceptors (Lipinski definition) is 5. The molecule has 0 fully saturated rings. The fourth-order valence-corrected chi connectivity index (χ4v) is 4.04. The predicted octanol–water partition coefficient (Wildman–Crippen LogP) is 5.83. The van der Waals surface area contributed by atoms with Crippen LogP contribution in [0.4, 0.5) is 5.00 Å². The molecule has 0 aliphatic carbocycles. The molecule has 0 saturated carbocycles. The number of methoxy groups -OCH3 is 1. The van der Waals surface area contributed by atoms with Gasteiger partial charge in [-0.15, -0.1) is 11.3 Å². The predicted molar refractivity (Wildman–Crippen MR) is 116 cm³/mol. The first-order chi connectivity index (χ1) is 13.9. The van der Waals surface area contributed by atoms with Gasteiger partial charge in [-0.05, 0) is 30.7 Å². The van der Waals surface area contributed by atoms with Crippen LogP contribution in [0.25, 0.3) is 11.1 Å². The highest BCUT2D eigenvalue weighted by Gasteiger charge is 2.22. The van der Waals surface area contributed by atoms with E-state index >= 15 is 0 Å². The van der Waals surface area contributed by atoms with Gasteiger partial charge >= 0.3 is 5.97 Å². The van der Waals surface area contributed by atoms with Gasteiger partial charge in [-0.1, -0.05) is 53.0 Å². The number of ether oxygens (including phenoxy) is 2. The molecule has 150 valence electrons. The molecule has 0 atom stereocenters. The number of esters is 1. The average molecular weight is 450 g/mol. The Morgan fingerprint density at radius 2 is 1.83 bits per heavy atom. The van der Waals surface area contributed by atoms with Gasteiger partial charge in [0.1, 0.15) is 16.3 Å². The third-order valence-corrected chi connectivity index (χ3v) is 5.47. The van der Waals surface area contributed by atoms with Crippen molar-refractivity contribution in [1.29, 1.82) is 0 Å². The van der Waals surface area contributed by atoms with Gasteiger partial charge in [-0.25, -0.2) is 4.79 Å². The maximum absolute atomic E-state index is 12.4. The number of anilines is 1. The van der Waals surface area contributed by atoms with E-state index in [1.807, 2.05) is 36.6 Å². The number of carbonyl (C=O) groups is 2. The first kappa shape index (κ1) is 21.2. The van der Waals surface area contributed by atoms with E-state index in [9.17, 15) is 9.59 Å². The molecule has 3 rings (SSSR count). The summed E-state index contributed by atoms with van der Waals surface area (Å²) in [5, 5.41) is 5.69. The second-order valence-electron chi connectivity index (χ2n) is 6.12. The van der Waals surface area contributed by atoms with E-state index in [-0.39, 0.29) is 6.61 Å². The molecular weight excluding hydrogens is 433 g/mol. The average Bonchev–Trinajstić information content (AvgIpc) is 3.10. The number of benzene rings is 2. The smallest absolute Gasteiger partial charge is 0.341 e. The monoisotopic (exact) mass is 449 g/mol. The highest BCUT2D eigenvalue weighted by atomic mass is 35.5. The summed E-state index contributed by atoms with van der Waals surface area (Å²) in [4.78, 5) is 24.7. The van der Waals surface area contributed by atoms with Crippen molar-refractivity contribution in [2.45, 2.75) is 6.92 Å². The lowest BCUT2D eigenvalue weighted by Gasteiger charge is -2.10. The number of nitrogens with one attached hydrogen (secondary N) is 1. The number of rotatable bonds is 6. The second-order valence-corrected chi connectivity index (χ2v) is 7.85. The normalized spacial score (nSPS) is 10.5. The third-order valence-electron chi connectivity index (χ3n) is 4.05. The summed E-state index contributed by atoms with van der Waals surface area (Å²) in [6.45, 7) is 1.71. The molecule has 29 heavy (non-hydrogen) atoms. The molecule has 0 bridgehead atoms. The minimum absolute atomic E-state index is 0.278. The zero-order chi connectivity index (χ0) is 21.0. The van der Waals surface area contributed by atoms with Crippen molar-refractivity contribution >= 4 is 51.4 Å². The molecule has 1 heterocycles. The van der Waals surface area contributed by atoms with Crippen LogP contribution in [-0.4, -0.2) is 25.6 Å². The summed E-state index contributed by atoms with van der Waals surface area (Å²) in [5.74, 6) is -0.622. The fourth-order valence-electron chi connectivity index (χ4n) is 2.60. The van der Waals surface area contributed by atoms with E-state index in [0.717, 1.165) is 11.1 Å². The maximum atomic E-state index is 12.4. The Bertz CT molecular complexity index is 1050. The first-order valence-corrected chi connectivity index (χ1v) is 10.2. The van der Waals surface area contributed by atoms with Crippen LogP contribution in [0.15, 0.2) is 47.8 Å². The number of amides is 1. The lowest BCUT2D eigenvalue weighted by atomic mass is 10.0. The Kier molecular flexibility index (Phi) is 6.79. The van der Waals surface area contributed by atoms with Crippen LogP contribution < -0.4 is 10.1 Å². The van der Waals surface area contributed by atoms with Crippen LogP contribution in [0.2, 0.25) is 10.0 Å². The maximum Gasteiger partial charge on any atom is 0.341 e. The summed E-state index contributed by atoms with van der Waals surface area (Å²) < 4.78 is 10.4. The lowest BCUT2D eigenvalue weighted by Crippen LogP contribution is -2.21. The molecule has 0 spiro atoms. The van der Waals surface area contributed by atoms with E-state index in [0.29, 0.717) is 31.9 Å². The van der Waals surface area contributed by atoms with Gasteiger partial charge in [-0.2, -0.15) is 0 Å². The van der Waals surface area contributed by atoms with Gasteiger partial charge in [0, 0.05) is 16.0 Å². The summed E-state index contributed by atoms with van der Waals surface area (Å²) in [6, 6.07) is 12.5. The molecule has 1 N–H and O–H groups in total. The molecule has 1 aromatic heterocycles.